The van der Waals surface area contributed by atoms with Crippen molar-refractivity contribution in [2.75, 3.05) is 13.1 Å². The van der Waals surface area contributed by atoms with Crippen LogP contribution in [0.4, 0.5) is 0 Å². The van der Waals surface area contributed by atoms with Crippen molar-refractivity contribution in [2.45, 2.75) is 51.0 Å². The van der Waals surface area contributed by atoms with Gasteiger partial charge in [0, 0.05) is 12.6 Å². The molecule has 0 unspecified atom stereocenters. The Balaban J connectivity index is 1.52. The molecule has 0 bridgehead atoms. The number of nitrogens with one attached hydrogen (secondary N) is 2. The van der Waals surface area contributed by atoms with Gasteiger partial charge in [0.15, 0.2) is 0 Å². The van der Waals surface area contributed by atoms with E-state index in [-0.39, 0.29) is 5.91 Å². The molecule has 0 heterocycles. The minimum absolute atomic E-state index is 0.142. The first-order valence-electron chi connectivity index (χ1n) is 6.52. The fraction of sp³-hybridized carbons (Fsp3) is 0.769. The molecule has 90 valence electrons. The molecule has 3 nitrogen and oxygen atoms in total. The molecular formula is C13H22N2O. The molecule has 0 aromatic heterocycles. The highest BCUT2D eigenvalue weighted by molar-refractivity contribution is 5.78. The molecule has 1 saturated carbocycles. The first kappa shape index (κ1) is 11.6. The molecule has 0 saturated heterocycles. The molecule has 2 aliphatic rings. The van der Waals surface area contributed by atoms with Gasteiger partial charge in [0.05, 0.1) is 6.54 Å². The van der Waals surface area contributed by atoms with Crippen LogP contribution in [0, 0.1) is 0 Å². The van der Waals surface area contributed by atoms with Crippen LogP contribution in [0.1, 0.15) is 44.9 Å². The second kappa shape index (κ2) is 6.04. The molecule has 2 aliphatic carbocycles. The van der Waals surface area contributed by atoms with Crippen LogP contribution in [0.25, 0.3) is 0 Å². The van der Waals surface area contributed by atoms with Gasteiger partial charge in [0.2, 0.25) is 5.91 Å². The minimum atomic E-state index is 0.142. The molecule has 1 fully saturated rings. The Kier molecular flexibility index (Phi) is 4.40. The van der Waals surface area contributed by atoms with Gasteiger partial charge < -0.3 is 10.6 Å². The molecule has 0 atom stereocenters. The molecule has 0 radical (unpaired) electrons. The van der Waals surface area contributed by atoms with Gasteiger partial charge in [-0.3, -0.25) is 4.79 Å². The van der Waals surface area contributed by atoms with Crippen LogP contribution in [0.3, 0.4) is 0 Å². The maximum absolute atomic E-state index is 11.4. The summed E-state index contributed by atoms with van der Waals surface area (Å²) in [4.78, 5) is 11.4. The van der Waals surface area contributed by atoms with Gasteiger partial charge in [0.25, 0.3) is 0 Å². The molecule has 1 amide bonds. The standard InChI is InChI=1S/C13H22N2O/c16-13(10-15-12-6-7-12)14-9-8-11-4-2-1-3-5-11/h4,12,15H,1-3,5-10H2,(H,14,16). The Bertz CT molecular complexity index is 269. The Hall–Kier alpha value is -0.830. The Labute approximate surface area is 97.7 Å². The van der Waals surface area contributed by atoms with Crippen LogP contribution < -0.4 is 10.6 Å². The van der Waals surface area contributed by atoms with Gasteiger partial charge in [-0.1, -0.05) is 11.6 Å². The number of carbonyl (C=O) groups is 1. The van der Waals surface area contributed by atoms with Gasteiger partial charge in [-0.25, -0.2) is 0 Å². The van der Waals surface area contributed by atoms with E-state index in [9.17, 15) is 4.79 Å². The molecule has 0 aliphatic heterocycles. The molecule has 3 heteroatoms. The summed E-state index contributed by atoms with van der Waals surface area (Å²) in [6.45, 7) is 1.29. The van der Waals surface area contributed by atoms with Crippen molar-refractivity contribution in [1.82, 2.24) is 10.6 Å². The molecular weight excluding hydrogens is 200 g/mol. The Morgan fingerprint density at radius 2 is 2.25 bits per heavy atom. The average molecular weight is 222 g/mol. The molecule has 16 heavy (non-hydrogen) atoms. The first-order valence-corrected chi connectivity index (χ1v) is 6.52. The van der Waals surface area contributed by atoms with E-state index in [4.69, 9.17) is 0 Å². The van der Waals surface area contributed by atoms with Crippen molar-refractivity contribution in [2.24, 2.45) is 0 Å². The molecule has 2 rings (SSSR count). The average Bonchev–Trinajstić information content (AvgIpc) is 3.12. The van der Waals surface area contributed by atoms with Crippen LogP contribution in [0.5, 0.6) is 0 Å². The minimum Gasteiger partial charge on any atom is -0.355 e. The topological polar surface area (TPSA) is 41.1 Å². The van der Waals surface area contributed by atoms with Crippen LogP contribution in [0.2, 0.25) is 0 Å². The van der Waals surface area contributed by atoms with E-state index < -0.39 is 0 Å². The van der Waals surface area contributed by atoms with Crippen LogP contribution in [-0.2, 0) is 4.79 Å². The third kappa shape index (κ3) is 4.35. The van der Waals surface area contributed by atoms with E-state index in [1.165, 1.54) is 44.1 Å². The van der Waals surface area contributed by atoms with E-state index in [2.05, 4.69) is 16.7 Å². The highest BCUT2D eigenvalue weighted by Crippen LogP contribution is 2.19. The Morgan fingerprint density at radius 1 is 1.38 bits per heavy atom. The fourth-order valence-electron chi connectivity index (χ4n) is 2.08. The summed E-state index contributed by atoms with van der Waals surface area (Å²) in [6.07, 6.45) is 11.0. The lowest BCUT2D eigenvalue weighted by molar-refractivity contribution is -0.120. The Morgan fingerprint density at radius 3 is 2.94 bits per heavy atom. The number of carbonyl (C=O) groups excluding carboxylic acids is 1. The number of hydrogen-bond donors (Lipinski definition) is 2. The molecule has 0 spiro atoms. The predicted molar refractivity (Wildman–Crippen MR) is 65.2 cm³/mol. The van der Waals surface area contributed by atoms with Crippen molar-refractivity contribution in [3.05, 3.63) is 11.6 Å². The van der Waals surface area contributed by atoms with E-state index >= 15 is 0 Å². The van der Waals surface area contributed by atoms with Crippen molar-refractivity contribution in [1.29, 1.82) is 0 Å². The summed E-state index contributed by atoms with van der Waals surface area (Å²) in [6, 6.07) is 0.617. The quantitative estimate of drug-likeness (QED) is 0.672. The van der Waals surface area contributed by atoms with Crippen LogP contribution in [0.15, 0.2) is 11.6 Å². The molecule has 0 aromatic carbocycles. The summed E-state index contributed by atoms with van der Waals surface area (Å²) in [5, 5.41) is 6.19. The molecule has 0 aromatic rings. The number of amides is 1. The van der Waals surface area contributed by atoms with E-state index in [0.29, 0.717) is 12.6 Å². The monoisotopic (exact) mass is 222 g/mol. The second-order valence-electron chi connectivity index (χ2n) is 4.86. The zero-order valence-corrected chi connectivity index (χ0v) is 9.93. The number of hydrogen-bond acceptors (Lipinski definition) is 2. The largest absolute Gasteiger partial charge is 0.355 e. The third-order valence-electron chi connectivity index (χ3n) is 3.28. The van der Waals surface area contributed by atoms with E-state index in [1.54, 1.807) is 0 Å². The maximum atomic E-state index is 11.4. The van der Waals surface area contributed by atoms with Crippen molar-refractivity contribution >= 4 is 5.91 Å². The van der Waals surface area contributed by atoms with E-state index in [1.807, 2.05) is 0 Å². The fourth-order valence-corrected chi connectivity index (χ4v) is 2.08. The second-order valence-corrected chi connectivity index (χ2v) is 4.86. The summed E-state index contributed by atoms with van der Waals surface area (Å²) < 4.78 is 0. The number of rotatable bonds is 6. The summed E-state index contributed by atoms with van der Waals surface area (Å²) in [5.74, 6) is 0.142. The lowest BCUT2D eigenvalue weighted by Gasteiger charge is -2.13. The normalized spacial score (nSPS) is 20.4. The smallest absolute Gasteiger partial charge is 0.233 e. The van der Waals surface area contributed by atoms with Crippen molar-refractivity contribution < 1.29 is 4.79 Å². The first-order chi connectivity index (χ1) is 7.84. The zero-order chi connectivity index (χ0) is 11.2. The van der Waals surface area contributed by atoms with Gasteiger partial charge in [-0.2, -0.15) is 0 Å². The highest BCUT2D eigenvalue weighted by Gasteiger charge is 2.20. The maximum Gasteiger partial charge on any atom is 0.233 e. The lowest BCUT2D eigenvalue weighted by Crippen LogP contribution is -2.35. The van der Waals surface area contributed by atoms with Gasteiger partial charge in [-0.05, 0) is 44.9 Å². The van der Waals surface area contributed by atoms with Crippen molar-refractivity contribution in [3.8, 4) is 0 Å². The highest BCUT2D eigenvalue weighted by atomic mass is 16.1. The predicted octanol–water partition coefficient (Wildman–Crippen LogP) is 1.75. The lowest BCUT2D eigenvalue weighted by atomic mass is 9.97. The molecule has 2 N–H and O–H groups in total. The van der Waals surface area contributed by atoms with E-state index in [0.717, 1.165) is 13.0 Å². The van der Waals surface area contributed by atoms with Gasteiger partial charge in [0.1, 0.15) is 0 Å². The van der Waals surface area contributed by atoms with Crippen molar-refractivity contribution in [3.63, 3.8) is 0 Å². The number of allylic oxidation sites excluding steroid dienone is 1. The summed E-state index contributed by atoms with van der Waals surface area (Å²) in [5.41, 5.74) is 1.53. The van der Waals surface area contributed by atoms with Crippen LogP contribution in [-0.4, -0.2) is 25.0 Å². The zero-order valence-electron chi connectivity index (χ0n) is 9.93. The summed E-state index contributed by atoms with van der Waals surface area (Å²) in [7, 11) is 0. The SMILES string of the molecule is O=C(CNC1CC1)NCCC1=CCCCC1. The summed E-state index contributed by atoms with van der Waals surface area (Å²) >= 11 is 0. The van der Waals surface area contributed by atoms with Gasteiger partial charge in [-0.15, -0.1) is 0 Å². The van der Waals surface area contributed by atoms with Gasteiger partial charge >= 0.3 is 0 Å². The van der Waals surface area contributed by atoms with Crippen LogP contribution >= 0.6 is 0 Å². The third-order valence-corrected chi connectivity index (χ3v) is 3.28.